The SMILES string of the molecule is COc1nc(NC2CCOC[C@H]2F)nc2[nH]cc(-c3ccn4nccc4c3)c12. The van der Waals surface area contributed by atoms with E-state index in [1.54, 1.807) is 17.8 Å². The molecule has 0 aliphatic carbocycles. The van der Waals surface area contributed by atoms with Crippen LogP contribution in [0, 0.1) is 0 Å². The maximum atomic E-state index is 14.1. The van der Waals surface area contributed by atoms with Gasteiger partial charge in [-0.1, -0.05) is 0 Å². The number of halogens is 1. The molecule has 5 heterocycles. The fourth-order valence-electron chi connectivity index (χ4n) is 3.56. The fraction of sp³-hybridized carbons (Fsp3) is 0.316. The summed E-state index contributed by atoms with van der Waals surface area (Å²) in [5.41, 5.74) is 3.53. The number of alkyl halides is 1. The second kappa shape index (κ2) is 6.75. The molecule has 144 valence electrons. The zero-order valence-electron chi connectivity index (χ0n) is 15.2. The molecular weight excluding hydrogens is 363 g/mol. The van der Waals surface area contributed by atoms with Gasteiger partial charge in [0.15, 0.2) is 0 Å². The van der Waals surface area contributed by atoms with Crippen LogP contribution in [0.3, 0.4) is 0 Å². The number of ether oxygens (including phenoxy) is 2. The average Bonchev–Trinajstić information content (AvgIpc) is 3.35. The van der Waals surface area contributed by atoms with Gasteiger partial charge in [0.25, 0.3) is 0 Å². The Morgan fingerprint density at radius 1 is 1.36 bits per heavy atom. The van der Waals surface area contributed by atoms with Crippen molar-refractivity contribution in [3.63, 3.8) is 0 Å². The molecule has 2 atom stereocenters. The van der Waals surface area contributed by atoms with Crippen LogP contribution in [0.1, 0.15) is 6.42 Å². The van der Waals surface area contributed by atoms with E-state index in [2.05, 4.69) is 25.4 Å². The minimum atomic E-state index is -1.10. The summed E-state index contributed by atoms with van der Waals surface area (Å²) in [6, 6.07) is 5.57. The smallest absolute Gasteiger partial charge is 0.228 e. The van der Waals surface area contributed by atoms with Crippen molar-refractivity contribution in [2.75, 3.05) is 25.6 Å². The summed E-state index contributed by atoms with van der Waals surface area (Å²) in [5, 5.41) is 8.08. The molecule has 28 heavy (non-hydrogen) atoms. The summed E-state index contributed by atoms with van der Waals surface area (Å²) in [5.74, 6) is 0.762. The molecule has 0 radical (unpaired) electrons. The van der Waals surface area contributed by atoms with Crippen molar-refractivity contribution >= 4 is 22.5 Å². The largest absolute Gasteiger partial charge is 0.480 e. The third-order valence-electron chi connectivity index (χ3n) is 5.00. The lowest BCUT2D eigenvalue weighted by Gasteiger charge is -2.26. The molecule has 1 saturated heterocycles. The first-order chi connectivity index (χ1) is 13.7. The number of H-pyrrole nitrogens is 1. The van der Waals surface area contributed by atoms with E-state index in [0.717, 1.165) is 22.0 Å². The summed E-state index contributed by atoms with van der Waals surface area (Å²) in [6.45, 7) is 0.599. The van der Waals surface area contributed by atoms with Gasteiger partial charge in [-0.3, -0.25) is 0 Å². The number of aromatic nitrogens is 5. The number of fused-ring (bicyclic) bond motifs is 2. The van der Waals surface area contributed by atoms with Crippen LogP contribution in [0.2, 0.25) is 0 Å². The second-order valence-corrected chi connectivity index (χ2v) is 6.73. The van der Waals surface area contributed by atoms with Crippen LogP contribution in [0.4, 0.5) is 10.3 Å². The lowest BCUT2D eigenvalue weighted by Crippen LogP contribution is -2.39. The van der Waals surface area contributed by atoms with Gasteiger partial charge in [-0.15, -0.1) is 0 Å². The van der Waals surface area contributed by atoms with Crippen LogP contribution in [-0.4, -0.2) is 57.1 Å². The first kappa shape index (κ1) is 16.9. The number of hydrogen-bond donors (Lipinski definition) is 2. The van der Waals surface area contributed by atoms with Crippen LogP contribution < -0.4 is 10.1 Å². The second-order valence-electron chi connectivity index (χ2n) is 6.73. The van der Waals surface area contributed by atoms with Gasteiger partial charge in [0.05, 0.1) is 30.7 Å². The van der Waals surface area contributed by atoms with E-state index in [9.17, 15) is 4.39 Å². The maximum Gasteiger partial charge on any atom is 0.228 e. The highest BCUT2D eigenvalue weighted by molar-refractivity contribution is 5.98. The molecule has 0 aromatic carbocycles. The van der Waals surface area contributed by atoms with E-state index in [4.69, 9.17) is 9.47 Å². The number of aromatic amines is 1. The van der Waals surface area contributed by atoms with Gasteiger partial charge in [-0.05, 0) is 30.2 Å². The number of methoxy groups -OCH3 is 1. The molecule has 1 unspecified atom stereocenters. The normalized spacial score (nSPS) is 19.9. The van der Waals surface area contributed by atoms with Crippen LogP contribution >= 0.6 is 0 Å². The van der Waals surface area contributed by atoms with E-state index in [1.165, 1.54) is 0 Å². The Bertz CT molecular complexity index is 1140. The number of nitrogens with one attached hydrogen (secondary N) is 2. The third-order valence-corrected chi connectivity index (χ3v) is 5.00. The highest BCUT2D eigenvalue weighted by Crippen LogP contribution is 2.34. The minimum absolute atomic E-state index is 0.0841. The summed E-state index contributed by atoms with van der Waals surface area (Å²) < 4.78 is 26.5. The Balaban J connectivity index is 1.55. The molecule has 1 fully saturated rings. The average molecular weight is 382 g/mol. The Labute approximate surface area is 159 Å². The number of rotatable bonds is 4. The zero-order valence-corrected chi connectivity index (χ0v) is 15.2. The van der Waals surface area contributed by atoms with Crippen molar-refractivity contribution in [3.05, 3.63) is 36.8 Å². The van der Waals surface area contributed by atoms with Gasteiger partial charge in [-0.25, -0.2) is 8.91 Å². The molecule has 0 spiro atoms. The fourth-order valence-corrected chi connectivity index (χ4v) is 3.56. The van der Waals surface area contributed by atoms with Crippen LogP contribution in [-0.2, 0) is 4.74 Å². The predicted molar refractivity (Wildman–Crippen MR) is 102 cm³/mol. The third kappa shape index (κ3) is 2.84. The van der Waals surface area contributed by atoms with E-state index in [-0.39, 0.29) is 12.6 Å². The first-order valence-electron chi connectivity index (χ1n) is 9.08. The van der Waals surface area contributed by atoms with Crippen LogP contribution in [0.25, 0.3) is 27.7 Å². The van der Waals surface area contributed by atoms with Gasteiger partial charge < -0.3 is 19.8 Å². The standard InChI is InChI=1S/C19H19FN6O2/c1-27-18-16-13(11-3-6-26-12(8-11)2-5-22-26)9-21-17(16)24-19(25-18)23-15-4-7-28-10-14(15)20/h2-3,5-6,8-9,14-15H,4,7,10H2,1H3,(H2,21,23,24,25)/t14-,15?/m1/s1. The van der Waals surface area contributed by atoms with Crippen molar-refractivity contribution in [1.29, 1.82) is 0 Å². The molecule has 4 aromatic rings. The molecule has 0 bridgehead atoms. The van der Waals surface area contributed by atoms with Crippen molar-refractivity contribution in [2.24, 2.45) is 0 Å². The summed E-state index contributed by atoms with van der Waals surface area (Å²) >= 11 is 0. The molecule has 8 nitrogen and oxygen atoms in total. The topological polar surface area (TPSA) is 89.4 Å². The van der Waals surface area contributed by atoms with E-state index < -0.39 is 6.17 Å². The molecule has 1 aliphatic rings. The van der Waals surface area contributed by atoms with Crippen molar-refractivity contribution < 1.29 is 13.9 Å². The Morgan fingerprint density at radius 2 is 2.29 bits per heavy atom. The lowest BCUT2D eigenvalue weighted by molar-refractivity contribution is 0.0284. The molecule has 1 aliphatic heterocycles. The van der Waals surface area contributed by atoms with Crippen LogP contribution in [0.5, 0.6) is 5.88 Å². The maximum absolute atomic E-state index is 14.1. The molecule has 2 N–H and O–H groups in total. The Hall–Kier alpha value is -3.20. The Morgan fingerprint density at radius 3 is 3.14 bits per heavy atom. The van der Waals surface area contributed by atoms with Gasteiger partial charge in [-0.2, -0.15) is 15.1 Å². The molecule has 9 heteroatoms. The van der Waals surface area contributed by atoms with Gasteiger partial charge in [0, 0.05) is 30.8 Å². The zero-order chi connectivity index (χ0) is 19.1. The summed E-state index contributed by atoms with van der Waals surface area (Å²) in [4.78, 5) is 12.2. The number of pyridine rings is 1. The monoisotopic (exact) mass is 382 g/mol. The number of hydrogen-bond acceptors (Lipinski definition) is 6. The van der Waals surface area contributed by atoms with Gasteiger partial charge >= 0.3 is 0 Å². The van der Waals surface area contributed by atoms with E-state index in [1.807, 2.05) is 30.6 Å². The number of anilines is 1. The lowest BCUT2D eigenvalue weighted by atomic mass is 10.1. The van der Waals surface area contributed by atoms with Crippen LogP contribution in [0.15, 0.2) is 36.8 Å². The van der Waals surface area contributed by atoms with Crippen molar-refractivity contribution in [1.82, 2.24) is 24.6 Å². The van der Waals surface area contributed by atoms with Gasteiger partial charge in [0.1, 0.15) is 11.8 Å². The molecule has 5 rings (SSSR count). The van der Waals surface area contributed by atoms with Crippen molar-refractivity contribution in [2.45, 2.75) is 18.6 Å². The highest BCUT2D eigenvalue weighted by Gasteiger charge is 2.26. The molecule has 0 saturated carbocycles. The minimum Gasteiger partial charge on any atom is -0.480 e. The van der Waals surface area contributed by atoms with E-state index >= 15 is 0 Å². The quantitative estimate of drug-likeness (QED) is 0.564. The van der Waals surface area contributed by atoms with Gasteiger partial charge in [0.2, 0.25) is 11.8 Å². The summed E-state index contributed by atoms with van der Waals surface area (Å²) in [7, 11) is 1.56. The highest BCUT2D eigenvalue weighted by atomic mass is 19.1. The van der Waals surface area contributed by atoms with E-state index in [0.29, 0.717) is 30.5 Å². The number of nitrogens with zero attached hydrogens (tertiary/aromatic N) is 4. The predicted octanol–water partition coefficient (Wildman–Crippen LogP) is 2.82. The first-order valence-corrected chi connectivity index (χ1v) is 9.08. The molecule has 0 amide bonds. The Kier molecular flexibility index (Phi) is 4.09. The molecular formula is C19H19FN6O2. The molecule has 4 aromatic heterocycles. The van der Waals surface area contributed by atoms with Crippen molar-refractivity contribution in [3.8, 4) is 17.0 Å². The summed E-state index contributed by atoms with van der Waals surface area (Å²) in [6.07, 6.45) is 5.00.